The molecule has 0 aliphatic heterocycles. The molecule has 0 spiro atoms. The van der Waals surface area contributed by atoms with E-state index in [-0.39, 0.29) is 0 Å². The fraction of sp³-hybridized carbons (Fsp3) is 0.556. The molecule has 0 unspecified atom stereocenters. The first-order valence-corrected chi connectivity index (χ1v) is 3.88. The third-order valence-corrected chi connectivity index (χ3v) is 1.60. The van der Waals surface area contributed by atoms with Crippen LogP contribution < -0.4 is 0 Å². The molecule has 2 heteroatoms. The van der Waals surface area contributed by atoms with E-state index in [1.165, 1.54) is 0 Å². The minimum Gasteiger partial charge on any atom is -0.466 e. The van der Waals surface area contributed by atoms with Crippen molar-refractivity contribution in [2.75, 3.05) is 20.6 Å². The molecule has 0 aliphatic carbocycles. The minimum absolute atomic E-state index is 0.999. The summed E-state index contributed by atoms with van der Waals surface area (Å²) in [6.45, 7) is 3.02. The second kappa shape index (κ2) is 3.58. The minimum atomic E-state index is 0.999. The van der Waals surface area contributed by atoms with Crippen LogP contribution in [0.15, 0.2) is 16.5 Å². The lowest BCUT2D eigenvalue weighted by Gasteiger charge is -2.06. The highest BCUT2D eigenvalue weighted by Gasteiger charge is 1.98. The number of furan rings is 1. The SMILES string of the molecule is Cc1ccc(CCN(C)C)o1. The average Bonchev–Trinajstić information content (AvgIpc) is 2.31. The van der Waals surface area contributed by atoms with E-state index in [1.54, 1.807) is 0 Å². The Kier molecular flexibility index (Phi) is 2.71. The zero-order valence-corrected chi connectivity index (χ0v) is 7.42. The molecule has 11 heavy (non-hydrogen) atoms. The van der Waals surface area contributed by atoms with E-state index in [0.29, 0.717) is 0 Å². The maximum absolute atomic E-state index is 5.41. The smallest absolute Gasteiger partial charge is 0.105 e. The van der Waals surface area contributed by atoms with Gasteiger partial charge in [-0.25, -0.2) is 0 Å². The molecule has 0 saturated carbocycles. The van der Waals surface area contributed by atoms with Crippen LogP contribution in [-0.4, -0.2) is 25.5 Å². The van der Waals surface area contributed by atoms with Crippen molar-refractivity contribution in [3.05, 3.63) is 23.7 Å². The van der Waals surface area contributed by atoms with Crippen molar-refractivity contribution in [3.8, 4) is 0 Å². The lowest BCUT2D eigenvalue weighted by atomic mass is 10.3. The van der Waals surface area contributed by atoms with Gasteiger partial charge in [0, 0.05) is 13.0 Å². The highest BCUT2D eigenvalue weighted by atomic mass is 16.3. The summed E-state index contributed by atoms with van der Waals surface area (Å²) in [5.74, 6) is 2.08. The summed E-state index contributed by atoms with van der Waals surface area (Å²) in [5, 5.41) is 0. The molecule has 0 aromatic carbocycles. The molecular formula is C9H15NO. The van der Waals surface area contributed by atoms with Gasteiger partial charge in [-0.3, -0.25) is 0 Å². The Morgan fingerprint density at radius 1 is 1.36 bits per heavy atom. The molecule has 0 N–H and O–H groups in total. The number of likely N-dealkylation sites (N-methyl/N-ethyl adjacent to an activating group) is 1. The van der Waals surface area contributed by atoms with Gasteiger partial charge in [0.05, 0.1) is 0 Å². The molecule has 0 saturated heterocycles. The lowest BCUT2D eigenvalue weighted by molar-refractivity contribution is 0.386. The second-order valence-electron chi connectivity index (χ2n) is 3.07. The van der Waals surface area contributed by atoms with Gasteiger partial charge >= 0.3 is 0 Å². The Hall–Kier alpha value is -0.760. The van der Waals surface area contributed by atoms with Crippen LogP contribution in [0.1, 0.15) is 11.5 Å². The van der Waals surface area contributed by atoms with Crippen LogP contribution in [0.4, 0.5) is 0 Å². The fourth-order valence-corrected chi connectivity index (χ4v) is 0.953. The quantitative estimate of drug-likeness (QED) is 0.657. The topological polar surface area (TPSA) is 16.4 Å². The van der Waals surface area contributed by atoms with Crippen molar-refractivity contribution < 1.29 is 4.42 Å². The largest absolute Gasteiger partial charge is 0.466 e. The van der Waals surface area contributed by atoms with E-state index in [0.717, 1.165) is 24.5 Å². The van der Waals surface area contributed by atoms with Crippen LogP contribution in [-0.2, 0) is 6.42 Å². The van der Waals surface area contributed by atoms with Crippen molar-refractivity contribution in [1.82, 2.24) is 4.90 Å². The number of hydrogen-bond acceptors (Lipinski definition) is 2. The molecule has 62 valence electrons. The maximum atomic E-state index is 5.41. The van der Waals surface area contributed by atoms with Gasteiger partial charge in [0.15, 0.2) is 0 Å². The molecular weight excluding hydrogens is 138 g/mol. The van der Waals surface area contributed by atoms with Gasteiger partial charge in [-0.15, -0.1) is 0 Å². The van der Waals surface area contributed by atoms with Gasteiger partial charge in [-0.2, -0.15) is 0 Å². The van der Waals surface area contributed by atoms with Crippen LogP contribution in [0.3, 0.4) is 0 Å². The Labute approximate surface area is 67.8 Å². The maximum Gasteiger partial charge on any atom is 0.105 e. The van der Waals surface area contributed by atoms with E-state index in [1.807, 2.05) is 19.1 Å². The van der Waals surface area contributed by atoms with E-state index >= 15 is 0 Å². The summed E-state index contributed by atoms with van der Waals surface area (Å²) in [7, 11) is 4.13. The van der Waals surface area contributed by atoms with E-state index in [9.17, 15) is 0 Å². The van der Waals surface area contributed by atoms with Gasteiger partial charge in [-0.1, -0.05) is 0 Å². The van der Waals surface area contributed by atoms with Crippen molar-refractivity contribution in [3.63, 3.8) is 0 Å². The van der Waals surface area contributed by atoms with Gasteiger partial charge in [-0.05, 0) is 33.2 Å². The second-order valence-corrected chi connectivity index (χ2v) is 3.07. The zero-order chi connectivity index (χ0) is 8.27. The molecule has 1 aromatic heterocycles. The summed E-state index contributed by atoms with van der Waals surface area (Å²) in [6, 6.07) is 4.05. The van der Waals surface area contributed by atoms with Crippen LogP contribution >= 0.6 is 0 Å². The van der Waals surface area contributed by atoms with Crippen molar-refractivity contribution in [2.45, 2.75) is 13.3 Å². The van der Waals surface area contributed by atoms with Crippen LogP contribution in [0.25, 0.3) is 0 Å². The summed E-state index contributed by atoms with van der Waals surface area (Å²) >= 11 is 0. The highest BCUT2D eigenvalue weighted by molar-refractivity contribution is 5.05. The molecule has 1 aromatic rings. The van der Waals surface area contributed by atoms with E-state index in [2.05, 4.69) is 19.0 Å². The van der Waals surface area contributed by atoms with Crippen LogP contribution in [0.5, 0.6) is 0 Å². The third-order valence-electron chi connectivity index (χ3n) is 1.60. The summed E-state index contributed by atoms with van der Waals surface area (Å²) in [4.78, 5) is 2.15. The molecule has 0 radical (unpaired) electrons. The van der Waals surface area contributed by atoms with Gasteiger partial charge < -0.3 is 9.32 Å². The predicted molar refractivity (Wildman–Crippen MR) is 45.7 cm³/mol. The Balaban J connectivity index is 2.39. The standard InChI is InChI=1S/C9H15NO/c1-8-4-5-9(11-8)6-7-10(2)3/h4-5H,6-7H2,1-3H3. The van der Waals surface area contributed by atoms with Gasteiger partial charge in [0.25, 0.3) is 0 Å². The van der Waals surface area contributed by atoms with Crippen molar-refractivity contribution in [2.24, 2.45) is 0 Å². The van der Waals surface area contributed by atoms with Crippen LogP contribution in [0, 0.1) is 6.92 Å². The summed E-state index contributed by atoms with van der Waals surface area (Å²) in [6.07, 6.45) is 1.00. The first-order valence-electron chi connectivity index (χ1n) is 3.88. The van der Waals surface area contributed by atoms with Gasteiger partial charge in [0.1, 0.15) is 11.5 Å². The summed E-state index contributed by atoms with van der Waals surface area (Å²) < 4.78 is 5.41. The Morgan fingerprint density at radius 3 is 2.55 bits per heavy atom. The highest BCUT2D eigenvalue weighted by Crippen LogP contribution is 2.06. The van der Waals surface area contributed by atoms with E-state index < -0.39 is 0 Å². The Bertz CT molecular complexity index is 215. The molecule has 2 nitrogen and oxygen atoms in total. The van der Waals surface area contributed by atoms with Crippen molar-refractivity contribution in [1.29, 1.82) is 0 Å². The van der Waals surface area contributed by atoms with Crippen molar-refractivity contribution >= 4 is 0 Å². The number of rotatable bonds is 3. The molecule has 1 rings (SSSR count). The summed E-state index contributed by atoms with van der Waals surface area (Å²) in [5.41, 5.74) is 0. The molecule has 0 amide bonds. The number of aryl methyl sites for hydroxylation is 1. The monoisotopic (exact) mass is 153 g/mol. The third kappa shape index (κ3) is 2.76. The molecule has 0 aliphatic rings. The Morgan fingerprint density at radius 2 is 2.09 bits per heavy atom. The number of nitrogens with zero attached hydrogens (tertiary/aromatic N) is 1. The average molecular weight is 153 g/mol. The van der Waals surface area contributed by atoms with Crippen LogP contribution in [0.2, 0.25) is 0 Å². The molecule has 0 fully saturated rings. The molecule has 1 heterocycles. The van der Waals surface area contributed by atoms with E-state index in [4.69, 9.17) is 4.42 Å². The predicted octanol–water partition coefficient (Wildman–Crippen LogP) is 1.69. The lowest BCUT2D eigenvalue weighted by Crippen LogP contribution is -2.14. The molecule has 0 atom stereocenters. The first-order chi connectivity index (χ1) is 5.18. The normalized spacial score (nSPS) is 10.9. The number of hydrogen-bond donors (Lipinski definition) is 0. The molecule has 0 bridgehead atoms. The van der Waals surface area contributed by atoms with Gasteiger partial charge in [0.2, 0.25) is 0 Å². The first kappa shape index (κ1) is 8.34. The zero-order valence-electron chi connectivity index (χ0n) is 7.42. The fourth-order valence-electron chi connectivity index (χ4n) is 0.953.